The molecule has 0 N–H and O–H groups in total. The highest BCUT2D eigenvalue weighted by molar-refractivity contribution is 7.91. The molecule has 0 bridgehead atoms. The lowest BCUT2D eigenvalue weighted by molar-refractivity contribution is 0.388. The van der Waals surface area contributed by atoms with Crippen molar-refractivity contribution in [1.82, 2.24) is 4.90 Å². The summed E-state index contributed by atoms with van der Waals surface area (Å²) in [4.78, 5) is 3.87. The number of methoxy groups -OCH3 is 1. The Hall–Kier alpha value is -1.60. The molecule has 2 heterocycles. The van der Waals surface area contributed by atoms with Crippen molar-refractivity contribution in [3.63, 3.8) is 0 Å². The Labute approximate surface area is 136 Å². The molecule has 7 heteroatoms. The number of hydrogen-bond donors (Lipinski definition) is 0. The Balaban J connectivity index is 2.06. The van der Waals surface area contributed by atoms with Crippen molar-refractivity contribution in [2.75, 3.05) is 30.1 Å². The normalized spacial score (nSPS) is 26.1. The maximum Gasteiger partial charge on any atom is 0.177 e. The highest BCUT2D eigenvalue weighted by Gasteiger charge is 2.52. The van der Waals surface area contributed by atoms with E-state index in [0.29, 0.717) is 17.4 Å². The molecular formula is C15H18N2O3S2. The number of hydrogen-bond acceptors (Lipinski definition) is 4. The first kappa shape index (κ1) is 15.3. The zero-order valence-electron chi connectivity index (χ0n) is 12.3. The van der Waals surface area contributed by atoms with E-state index in [-0.39, 0.29) is 23.6 Å². The third kappa shape index (κ3) is 2.38. The fraction of sp³-hybridized carbons (Fsp3) is 0.400. The fourth-order valence-electron chi connectivity index (χ4n) is 3.24. The molecule has 5 nitrogen and oxygen atoms in total. The average molecular weight is 338 g/mol. The summed E-state index contributed by atoms with van der Waals surface area (Å²) in [6.07, 6.45) is 1.75. The lowest BCUT2D eigenvalue weighted by Gasteiger charge is -2.26. The second kappa shape index (κ2) is 5.55. The summed E-state index contributed by atoms with van der Waals surface area (Å²) in [5.74, 6) is 0.939. The summed E-state index contributed by atoms with van der Waals surface area (Å²) in [6.45, 7) is 4.29. The maximum atomic E-state index is 12.1. The molecule has 0 radical (unpaired) electrons. The van der Waals surface area contributed by atoms with Gasteiger partial charge in [-0.1, -0.05) is 18.2 Å². The SMILES string of the molecule is C=CCN1C(=S)N(c2ccccc2OC)[C@@H]2CS(=O)(=O)C[C@@H]21. The summed E-state index contributed by atoms with van der Waals surface area (Å²) in [6, 6.07) is 7.24. The second-order valence-corrected chi connectivity index (χ2v) is 8.00. The van der Waals surface area contributed by atoms with Crippen LogP contribution in [-0.2, 0) is 9.84 Å². The summed E-state index contributed by atoms with van der Waals surface area (Å²) in [7, 11) is -1.46. The van der Waals surface area contributed by atoms with Gasteiger partial charge in [0.25, 0.3) is 0 Å². The smallest absolute Gasteiger partial charge is 0.177 e. The highest BCUT2D eigenvalue weighted by atomic mass is 32.2. The minimum atomic E-state index is -3.06. The third-order valence-electron chi connectivity index (χ3n) is 4.15. The van der Waals surface area contributed by atoms with E-state index >= 15 is 0 Å². The number of rotatable bonds is 4. The zero-order chi connectivity index (χ0) is 15.9. The van der Waals surface area contributed by atoms with E-state index in [4.69, 9.17) is 17.0 Å². The third-order valence-corrected chi connectivity index (χ3v) is 6.28. The molecule has 2 aliphatic rings. The Morgan fingerprint density at radius 1 is 1.36 bits per heavy atom. The van der Waals surface area contributed by atoms with Gasteiger partial charge in [-0.15, -0.1) is 6.58 Å². The van der Waals surface area contributed by atoms with Gasteiger partial charge in [0, 0.05) is 6.54 Å². The first-order valence-corrected chi connectivity index (χ1v) is 9.25. The molecule has 3 rings (SSSR count). The molecular weight excluding hydrogens is 320 g/mol. The van der Waals surface area contributed by atoms with Crippen molar-refractivity contribution in [2.24, 2.45) is 0 Å². The lowest BCUT2D eigenvalue weighted by Crippen LogP contribution is -2.37. The van der Waals surface area contributed by atoms with Gasteiger partial charge in [-0.25, -0.2) is 8.42 Å². The van der Waals surface area contributed by atoms with E-state index in [9.17, 15) is 8.42 Å². The number of fused-ring (bicyclic) bond motifs is 1. The van der Waals surface area contributed by atoms with Crippen LogP contribution in [0.2, 0.25) is 0 Å². The van der Waals surface area contributed by atoms with Crippen molar-refractivity contribution in [3.8, 4) is 5.75 Å². The van der Waals surface area contributed by atoms with Gasteiger partial charge in [0.15, 0.2) is 14.9 Å². The molecule has 2 fully saturated rings. The second-order valence-electron chi connectivity index (χ2n) is 5.48. The predicted octanol–water partition coefficient (Wildman–Crippen LogP) is 1.45. The molecule has 0 aromatic heterocycles. The van der Waals surface area contributed by atoms with Crippen LogP contribution in [0.5, 0.6) is 5.75 Å². The van der Waals surface area contributed by atoms with Crippen LogP contribution in [0.25, 0.3) is 0 Å². The van der Waals surface area contributed by atoms with Gasteiger partial charge < -0.3 is 14.5 Å². The average Bonchev–Trinajstić information content (AvgIpc) is 2.91. The molecule has 2 aliphatic heterocycles. The van der Waals surface area contributed by atoms with Crippen molar-refractivity contribution in [3.05, 3.63) is 36.9 Å². The molecule has 0 amide bonds. The number of nitrogens with zero attached hydrogens (tertiary/aromatic N) is 2. The summed E-state index contributed by atoms with van der Waals surface area (Å²) in [5.41, 5.74) is 0.814. The standard InChI is InChI=1S/C15H18N2O3S2/c1-3-8-16-12-9-22(18,19)10-13(12)17(15(16)21)11-6-4-5-7-14(11)20-2/h3-7,12-13H,1,8-10H2,2H3/t12-,13+/m0/s1. The van der Waals surface area contributed by atoms with E-state index in [1.54, 1.807) is 13.2 Å². The van der Waals surface area contributed by atoms with E-state index in [1.165, 1.54) is 0 Å². The molecule has 1 aromatic rings. The Morgan fingerprint density at radius 3 is 2.73 bits per heavy atom. The molecule has 118 valence electrons. The van der Waals surface area contributed by atoms with E-state index in [0.717, 1.165) is 5.69 Å². The van der Waals surface area contributed by atoms with Gasteiger partial charge >= 0.3 is 0 Å². The van der Waals surface area contributed by atoms with Gasteiger partial charge in [-0.2, -0.15) is 0 Å². The van der Waals surface area contributed by atoms with Crippen molar-refractivity contribution >= 4 is 32.9 Å². The topological polar surface area (TPSA) is 49.9 Å². The van der Waals surface area contributed by atoms with Crippen LogP contribution >= 0.6 is 12.2 Å². The van der Waals surface area contributed by atoms with Crippen molar-refractivity contribution in [1.29, 1.82) is 0 Å². The first-order chi connectivity index (χ1) is 10.5. The van der Waals surface area contributed by atoms with Crippen LogP contribution in [-0.4, -0.2) is 55.7 Å². The van der Waals surface area contributed by atoms with Crippen LogP contribution in [0.3, 0.4) is 0 Å². The fourth-order valence-corrected chi connectivity index (χ4v) is 5.63. The van der Waals surface area contributed by atoms with Gasteiger partial charge in [0.05, 0.1) is 36.4 Å². The number of sulfone groups is 1. The van der Waals surface area contributed by atoms with E-state index in [2.05, 4.69) is 6.58 Å². The molecule has 22 heavy (non-hydrogen) atoms. The molecule has 1 aromatic carbocycles. The van der Waals surface area contributed by atoms with Gasteiger partial charge in [-0.05, 0) is 24.4 Å². The monoisotopic (exact) mass is 338 g/mol. The quantitative estimate of drug-likeness (QED) is 0.612. The largest absolute Gasteiger partial charge is 0.495 e. The molecule has 0 unspecified atom stereocenters. The predicted molar refractivity (Wildman–Crippen MR) is 91.2 cm³/mol. The molecule has 2 atom stereocenters. The summed E-state index contributed by atoms with van der Waals surface area (Å²) >= 11 is 5.60. The van der Waals surface area contributed by atoms with Crippen molar-refractivity contribution in [2.45, 2.75) is 12.1 Å². The van der Waals surface area contributed by atoms with Crippen LogP contribution in [0.4, 0.5) is 5.69 Å². The van der Waals surface area contributed by atoms with Crippen LogP contribution in [0.15, 0.2) is 36.9 Å². The number of anilines is 1. The summed E-state index contributed by atoms with van der Waals surface area (Å²) < 4.78 is 29.6. The molecule has 0 saturated carbocycles. The van der Waals surface area contributed by atoms with Crippen LogP contribution in [0, 0.1) is 0 Å². The number of thiocarbonyl (C=S) groups is 1. The number of ether oxygens (including phenoxy) is 1. The number of benzene rings is 1. The maximum absolute atomic E-state index is 12.1. The zero-order valence-corrected chi connectivity index (χ0v) is 13.9. The van der Waals surface area contributed by atoms with Gasteiger partial charge in [0.2, 0.25) is 0 Å². The Kier molecular flexibility index (Phi) is 3.86. The number of para-hydroxylation sites is 2. The minimum absolute atomic E-state index is 0.115. The molecule has 0 spiro atoms. The van der Waals surface area contributed by atoms with Crippen LogP contribution < -0.4 is 9.64 Å². The lowest BCUT2D eigenvalue weighted by atomic mass is 10.1. The highest BCUT2D eigenvalue weighted by Crippen LogP contribution is 2.39. The van der Waals surface area contributed by atoms with Crippen molar-refractivity contribution < 1.29 is 13.2 Å². The minimum Gasteiger partial charge on any atom is -0.495 e. The van der Waals surface area contributed by atoms with Crippen LogP contribution in [0.1, 0.15) is 0 Å². The molecule has 0 aliphatic carbocycles. The Bertz CT molecular complexity index is 717. The van der Waals surface area contributed by atoms with E-state index in [1.807, 2.05) is 34.1 Å². The first-order valence-electron chi connectivity index (χ1n) is 7.02. The van der Waals surface area contributed by atoms with Gasteiger partial charge in [0.1, 0.15) is 5.75 Å². The van der Waals surface area contributed by atoms with Gasteiger partial charge in [-0.3, -0.25) is 0 Å². The Morgan fingerprint density at radius 2 is 2.05 bits per heavy atom. The molecule has 2 saturated heterocycles. The van der Waals surface area contributed by atoms with E-state index < -0.39 is 9.84 Å². The summed E-state index contributed by atoms with van der Waals surface area (Å²) in [5, 5.41) is 0.634.